The van der Waals surface area contributed by atoms with Gasteiger partial charge in [0.25, 0.3) is 0 Å². The van der Waals surface area contributed by atoms with Gasteiger partial charge in [0, 0.05) is 12.7 Å². The van der Waals surface area contributed by atoms with Gasteiger partial charge in [0.15, 0.2) is 0 Å². The van der Waals surface area contributed by atoms with Crippen LogP contribution in [0.3, 0.4) is 0 Å². The molecule has 10 heavy (non-hydrogen) atoms. The summed E-state index contributed by atoms with van der Waals surface area (Å²) in [4.78, 5) is 4.05. The maximum atomic E-state index is 5.65. The van der Waals surface area contributed by atoms with Gasteiger partial charge in [-0.1, -0.05) is 18.2 Å². The molecule has 0 fully saturated rings. The van der Waals surface area contributed by atoms with Crippen LogP contribution in [0.5, 0.6) is 0 Å². The van der Waals surface area contributed by atoms with Crippen molar-refractivity contribution in [3.8, 4) is 0 Å². The Balaban J connectivity index is 3.17. The van der Waals surface area contributed by atoms with Crippen molar-refractivity contribution in [1.82, 2.24) is 9.55 Å². The van der Waals surface area contributed by atoms with Crippen molar-refractivity contribution in [2.45, 2.75) is 6.92 Å². The van der Waals surface area contributed by atoms with Gasteiger partial charge < -0.3 is 4.57 Å². The molecule has 0 amide bonds. The second-order valence-electron chi connectivity index (χ2n) is 2.19. The zero-order chi connectivity index (χ0) is 7.72. The highest BCUT2D eigenvalue weighted by molar-refractivity contribution is 6.48. The van der Waals surface area contributed by atoms with Crippen molar-refractivity contribution >= 4 is 16.6 Å². The van der Waals surface area contributed by atoms with Gasteiger partial charge in [-0.25, -0.2) is 4.98 Å². The number of aromatic nitrogens is 2. The number of rotatable bonds is 1. The summed E-state index contributed by atoms with van der Waals surface area (Å²) in [5.41, 5.74) is 1.82. The first-order valence-corrected chi connectivity index (χ1v) is 3.33. The first-order valence-electron chi connectivity index (χ1n) is 2.95. The van der Waals surface area contributed by atoms with Gasteiger partial charge in [0.1, 0.15) is 5.69 Å². The van der Waals surface area contributed by atoms with Crippen LogP contribution in [0.4, 0.5) is 0 Å². The number of imidazole rings is 1. The van der Waals surface area contributed by atoms with Crippen molar-refractivity contribution in [2.75, 3.05) is 0 Å². The summed E-state index contributed by atoms with van der Waals surface area (Å²) in [6, 6.07) is 0. The molecular weight excluding hydrogens is 148 g/mol. The summed E-state index contributed by atoms with van der Waals surface area (Å²) in [6.07, 6.45) is 1.72. The van der Waals surface area contributed by atoms with E-state index >= 15 is 0 Å². The quantitative estimate of drug-likeness (QED) is 0.608. The predicted molar refractivity (Wildman–Crippen MR) is 42.8 cm³/mol. The lowest BCUT2D eigenvalue weighted by molar-refractivity contribution is 0.873. The maximum absolute atomic E-state index is 5.65. The molecule has 1 aromatic heterocycles. The first-order chi connectivity index (χ1) is 4.63. The Kier molecular flexibility index (Phi) is 1.81. The van der Waals surface area contributed by atoms with Crippen LogP contribution in [0.2, 0.25) is 0 Å². The van der Waals surface area contributed by atoms with E-state index in [1.54, 1.807) is 6.33 Å². The molecule has 0 aliphatic carbocycles. The van der Waals surface area contributed by atoms with E-state index < -0.39 is 0 Å². The molecule has 0 aliphatic heterocycles. The van der Waals surface area contributed by atoms with E-state index in [2.05, 4.69) is 11.6 Å². The van der Waals surface area contributed by atoms with E-state index in [1.807, 2.05) is 18.5 Å². The summed E-state index contributed by atoms with van der Waals surface area (Å²) in [6.45, 7) is 5.54. The maximum Gasteiger partial charge on any atom is 0.102 e. The Morgan fingerprint density at radius 1 is 1.80 bits per heavy atom. The minimum atomic E-state index is 0.498. The highest BCUT2D eigenvalue weighted by Crippen LogP contribution is 2.17. The Morgan fingerprint density at radius 3 is 2.60 bits per heavy atom. The minimum Gasteiger partial charge on any atom is -0.337 e. The number of aryl methyl sites for hydroxylation is 1. The largest absolute Gasteiger partial charge is 0.337 e. The number of halogens is 1. The lowest BCUT2D eigenvalue weighted by Crippen LogP contribution is -1.88. The lowest BCUT2D eigenvalue weighted by atomic mass is 10.3. The summed E-state index contributed by atoms with van der Waals surface area (Å²) in [7, 11) is 1.92. The van der Waals surface area contributed by atoms with Crippen LogP contribution >= 0.6 is 11.6 Å². The molecule has 1 heterocycles. The van der Waals surface area contributed by atoms with E-state index in [1.165, 1.54) is 0 Å². The third-order valence-corrected chi connectivity index (χ3v) is 1.67. The van der Waals surface area contributed by atoms with Crippen LogP contribution in [0.1, 0.15) is 11.4 Å². The van der Waals surface area contributed by atoms with Crippen LogP contribution in [0.15, 0.2) is 12.9 Å². The zero-order valence-corrected chi connectivity index (χ0v) is 6.81. The Labute approximate surface area is 65.1 Å². The zero-order valence-electron chi connectivity index (χ0n) is 6.06. The van der Waals surface area contributed by atoms with Gasteiger partial charge in [0.05, 0.1) is 11.4 Å². The predicted octanol–water partition coefficient (Wildman–Crippen LogP) is 1.94. The summed E-state index contributed by atoms with van der Waals surface area (Å²) >= 11 is 5.65. The second-order valence-corrected chi connectivity index (χ2v) is 2.65. The van der Waals surface area contributed by atoms with Crippen molar-refractivity contribution < 1.29 is 0 Å². The van der Waals surface area contributed by atoms with Gasteiger partial charge in [-0.2, -0.15) is 0 Å². The van der Waals surface area contributed by atoms with E-state index in [4.69, 9.17) is 11.6 Å². The Morgan fingerprint density at radius 2 is 2.40 bits per heavy atom. The Bertz CT molecular complexity index is 263. The third kappa shape index (κ3) is 1.07. The number of hydrogen-bond donors (Lipinski definition) is 0. The van der Waals surface area contributed by atoms with Crippen molar-refractivity contribution in [2.24, 2.45) is 7.05 Å². The SMILES string of the molecule is C=C(Cl)c1ncn(C)c1C. The molecule has 0 saturated heterocycles. The van der Waals surface area contributed by atoms with Crippen LogP contribution in [-0.2, 0) is 7.05 Å². The number of hydrogen-bond acceptors (Lipinski definition) is 1. The smallest absolute Gasteiger partial charge is 0.102 e. The average Bonchev–Trinajstić information content (AvgIpc) is 2.14. The molecule has 0 spiro atoms. The minimum absolute atomic E-state index is 0.498. The van der Waals surface area contributed by atoms with Crippen LogP contribution in [-0.4, -0.2) is 9.55 Å². The van der Waals surface area contributed by atoms with Gasteiger partial charge >= 0.3 is 0 Å². The van der Waals surface area contributed by atoms with Gasteiger partial charge in [-0.05, 0) is 6.92 Å². The molecule has 1 rings (SSSR count). The fourth-order valence-electron chi connectivity index (χ4n) is 0.758. The molecule has 0 bridgehead atoms. The number of nitrogens with zero attached hydrogens (tertiary/aromatic N) is 2. The van der Waals surface area contributed by atoms with Crippen LogP contribution < -0.4 is 0 Å². The van der Waals surface area contributed by atoms with Gasteiger partial charge in [0.2, 0.25) is 0 Å². The van der Waals surface area contributed by atoms with Crippen LogP contribution in [0.25, 0.3) is 5.03 Å². The lowest BCUT2D eigenvalue weighted by Gasteiger charge is -1.95. The molecule has 2 nitrogen and oxygen atoms in total. The molecule has 0 radical (unpaired) electrons. The average molecular weight is 157 g/mol. The molecule has 0 N–H and O–H groups in total. The van der Waals surface area contributed by atoms with E-state index in [-0.39, 0.29) is 0 Å². The highest BCUT2D eigenvalue weighted by atomic mass is 35.5. The standard InChI is InChI=1S/C7H9ClN2/c1-5(8)7-6(2)10(3)4-9-7/h4H,1H2,2-3H3. The first kappa shape index (κ1) is 7.35. The van der Waals surface area contributed by atoms with E-state index in [0.717, 1.165) is 11.4 Å². The molecule has 3 heteroatoms. The third-order valence-electron chi connectivity index (χ3n) is 1.49. The summed E-state index contributed by atoms with van der Waals surface area (Å²) in [5, 5.41) is 0.498. The topological polar surface area (TPSA) is 17.8 Å². The van der Waals surface area contributed by atoms with E-state index in [0.29, 0.717) is 5.03 Å². The van der Waals surface area contributed by atoms with Crippen molar-refractivity contribution in [3.05, 3.63) is 24.3 Å². The van der Waals surface area contributed by atoms with Gasteiger partial charge in [-0.3, -0.25) is 0 Å². The summed E-state index contributed by atoms with van der Waals surface area (Å²) < 4.78 is 1.91. The van der Waals surface area contributed by atoms with Crippen molar-refractivity contribution in [1.29, 1.82) is 0 Å². The van der Waals surface area contributed by atoms with E-state index in [9.17, 15) is 0 Å². The molecular formula is C7H9ClN2. The van der Waals surface area contributed by atoms with Crippen molar-refractivity contribution in [3.63, 3.8) is 0 Å². The fraction of sp³-hybridized carbons (Fsp3) is 0.286. The fourth-order valence-corrected chi connectivity index (χ4v) is 0.943. The molecule has 0 atom stereocenters. The normalized spacial score (nSPS) is 9.90. The molecule has 54 valence electrons. The highest BCUT2D eigenvalue weighted by Gasteiger charge is 2.04. The van der Waals surface area contributed by atoms with Crippen LogP contribution in [0, 0.1) is 6.92 Å². The molecule has 0 aliphatic rings. The monoisotopic (exact) mass is 156 g/mol. The molecule has 0 saturated carbocycles. The van der Waals surface area contributed by atoms with Gasteiger partial charge in [-0.15, -0.1) is 0 Å². The second kappa shape index (κ2) is 2.46. The molecule has 0 aromatic carbocycles. The molecule has 1 aromatic rings. The molecule has 0 unspecified atom stereocenters. The summed E-state index contributed by atoms with van der Waals surface area (Å²) in [5.74, 6) is 0. The Hall–Kier alpha value is -0.760.